The van der Waals surface area contributed by atoms with Gasteiger partial charge in [0.1, 0.15) is 5.78 Å². The average Bonchev–Trinajstić information content (AvgIpc) is 3.08. The molecule has 2 aliphatic carbocycles. The number of rotatable bonds is 4. The van der Waals surface area contributed by atoms with E-state index in [-0.39, 0.29) is 36.2 Å². The predicted octanol–water partition coefficient (Wildman–Crippen LogP) is 3.83. The molecule has 2 saturated carbocycles. The number of aromatic nitrogens is 2. The Balaban J connectivity index is 1.37. The minimum Gasteiger partial charge on any atom is -0.455 e. The number of ether oxygens (including phenoxy) is 1. The van der Waals surface area contributed by atoms with Gasteiger partial charge in [0.25, 0.3) is 5.89 Å². The second-order valence-electron chi connectivity index (χ2n) is 6.99. The molecule has 2 aliphatic rings. The van der Waals surface area contributed by atoms with E-state index in [4.69, 9.17) is 20.9 Å². The summed E-state index contributed by atoms with van der Waals surface area (Å²) in [5, 5.41) is 4.41. The molecule has 0 radical (unpaired) electrons. The molecular weight excluding hydrogens is 356 g/mol. The van der Waals surface area contributed by atoms with Gasteiger partial charge in [-0.1, -0.05) is 35.3 Å². The molecule has 1 aromatic heterocycles. The third kappa shape index (κ3) is 3.38. The van der Waals surface area contributed by atoms with E-state index in [2.05, 4.69) is 10.1 Å². The fourth-order valence-electron chi connectivity index (χ4n) is 3.99. The van der Waals surface area contributed by atoms with E-state index in [9.17, 15) is 9.59 Å². The van der Waals surface area contributed by atoms with E-state index in [1.54, 1.807) is 12.1 Å². The van der Waals surface area contributed by atoms with Gasteiger partial charge in [0.15, 0.2) is 6.61 Å². The molecule has 136 valence electrons. The molecular formula is C19H19ClN2O4. The van der Waals surface area contributed by atoms with Crippen molar-refractivity contribution >= 4 is 23.4 Å². The van der Waals surface area contributed by atoms with Crippen LogP contribution in [0, 0.1) is 17.8 Å². The molecule has 1 aromatic carbocycles. The summed E-state index contributed by atoms with van der Waals surface area (Å²) in [7, 11) is 0. The van der Waals surface area contributed by atoms with E-state index in [0.717, 1.165) is 19.3 Å². The third-order valence-electron chi connectivity index (χ3n) is 5.30. The Kier molecular flexibility index (Phi) is 4.76. The van der Waals surface area contributed by atoms with Gasteiger partial charge in [0.2, 0.25) is 5.82 Å². The zero-order chi connectivity index (χ0) is 18.1. The molecule has 3 atom stereocenters. The monoisotopic (exact) mass is 374 g/mol. The highest BCUT2D eigenvalue weighted by molar-refractivity contribution is 6.33. The van der Waals surface area contributed by atoms with Crippen LogP contribution in [0.2, 0.25) is 5.02 Å². The largest absolute Gasteiger partial charge is 0.455 e. The molecule has 0 spiro atoms. The van der Waals surface area contributed by atoms with Crippen LogP contribution >= 0.6 is 11.6 Å². The molecule has 1 unspecified atom stereocenters. The number of fused-ring (bicyclic) bond motifs is 2. The van der Waals surface area contributed by atoms with Gasteiger partial charge in [-0.2, -0.15) is 4.98 Å². The molecule has 0 N–H and O–H groups in total. The van der Waals surface area contributed by atoms with Gasteiger partial charge < -0.3 is 9.26 Å². The van der Waals surface area contributed by atoms with Crippen LogP contribution in [0.1, 0.15) is 38.0 Å². The summed E-state index contributed by atoms with van der Waals surface area (Å²) in [5.74, 6) is 0.466. The standard InChI is InChI=1S/C19H19ClN2O4/c20-15-7-2-1-6-14(15)18-21-16(26-22-18)10-25-19(24)13-8-11-4-3-5-12(9-13)17(11)23/h1-2,6-7,11-13H,3-5,8-10H2/t11-,12+,13?. The van der Waals surface area contributed by atoms with E-state index in [1.807, 2.05) is 12.1 Å². The summed E-state index contributed by atoms with van der Waals surface area (Å²) in [6.07, 6.45) is 4.06. The number of carbonyl (C=O) groups is 2. The lowest BCUT2D eigenvalue weighted by Gasteiger charge is -2.36. The zero-order valence-corrected chi connectivity index (χ0v) is 14.9. The van der Waals surface area contributed by atoms with Gasteiger partial charge in [-0.3, -0.25) is 9.59 Å². The van der Waals surface area contributed by atoms with E-state index in [1.165, 1.54) is 0 Å². The summed E-state index contributed by atoms with van der Waals surface area (Å²) in [4.78, 5) is 28.8. The van der Waals surface area contributed by atoms with E-state index in [0.29, 0.717) is 35.0 Å². The van der Waals surface area contributed by atoms with Gasteiger partial charge in [0, 0.05) is 17.4 Å². The minimum absolute atomic E-state index is 0.0234. The van der Waals surface area contributed by atoms with Crippen LogP contribution in [0.25, 0.3) is 11.4 Å². The number of benzene rings is 1. The maximum absolute atomic E-state index is 12.4. The Labute approximate surface area is 155 Å². The fourth-order valence-corrected chi connectivity index (χ4v) is 4.21. The lowest BCUT2D eigenvalue weighted by molar-refractivity contribution is -0.155. The number of hydrogen-bond acceptors (Lipinski definition) is 6. The lowest BCUT2D eigenvalue weighted by Crippen LogP contribution is -2.39. The molecule has 4 rings (SSSR count). The summed E-state index contributed by atoms with van der Waals surface area (Å²) in [5.41, 5.74) is 0.661. The van der Waals surface area contributed by atoms with Crippen LogP contribution in [-0.4, -0.2) is 21.9 Å². The summed E-state index contributed by atoms with van der Waals surface area (Å²) < 4.78 is 10.5. The Morgan fingerprint density at radius 1 is 1.23 bits per heavy atom. The van der Waals surface area contributed by atoms with Crippen molar-refractivity contribution in [1.82, 2.24) is 10.1 Å². The Bertz CT molecular complexity index is 818. The number of nitrogens with zero attached hydrogens (tertiary/aromatic N) is 2. The first kappa shape index (κ1) is 17.2. The number of Topliss-reactive ketones (excluding diaryl/α,β-unsaturated/α-hetero) is 1. The normalized spacial score (nSPS) is 25.1. The smallest absolute Gasteiger partial charge is 0.309 e. The molecule has 0 amide bonds. The van der Waals surface area contributed by atoms with Crippen molar-refractivity contribution in [3.05, 3.63) is 35.2 Å². The topological polar surface area (TPSA) is 82.3 Å². The van der Waals surface area contributed by atoms with Crippen molar-refractivity contribution < 1.29 is 18.8 Å². The van der Waals surface area contributed by atoms with Crippen molar-refractivity contribution in [2.45, 2.75) is 38.7 Å². The van der Waals surface area contributed by atoms with Gasteiger partial charge in [-0.05, 0) is 37.8 Å². The van der Waals surface area contributed by atoms with Gasteiger partial charge in [-0.25, -0.2) is 0 Å². The number of esters is 1. The van der Waals surface area contributed by atoms with E-state index >= 15 is 0 Å². The van der Waals surface area contributed by atoms with Crippen molar-refractivity contribution in [3.63, 3.8) is 0 Å². The SMILES string of the molecule is O=C(OCc1nc(-c2ccccc2Cl)no1)C1C[C@H]2CCC[C@@H](C1)C2=O. The maximum Gasteiger partial charge on any atom is 0.309 e. The zero-order valence-electron chi connectivity index (χ0n) is 14.2. The fraction of sp³-hybridized carbons (Fsp3) is 0.474. The van der Waals surface area contributed by atoms with Crippen molar-refractivity contribution in [2.75, 3.05) is 0 Å². The Morgan fingerprint density at radius 3 is 2.69 bits per heavy atom. The molecule has 2 fully saturated rings. The van der Waals surface area contributed by atoms with Crippen molar-refractivity contribution in [3.8, 4) is 11.4 Å². The first-order valence-corrected chi connectivity index (χ1v) is 9.27. The highest BCUT2D eigenvalue weighted by Crippen LogP contribution is 2.40. The average molecular weight is 375 g/mol. The molecule has 2 bridgehead atoms. The third-order valence-corrected chi connectivity index (χ3v) is 5.63. The maximum atomic E-state index is 12.4. The van der Waals surface area contributed by atoms with Crippen LogP contribution in [0.3, 0.4) is 0 Å². The van der Waals surface area contributed by atoms with E-state index < -0.39 is 0 Å². The molecule has 26 heavy (non-hydrogen) atoms. The van der Waals surface area contributed by atoms with Crippen LogP contribution < -0.4 is 0 Å². The summed E-state index contributed by atoms with van der Waals surface area (Å²) in [6.45, 7) is -0.0733. The molecule has 6 nitrogen and oxygen atoms in total. The molecule has 0 aliphatic heterocycles. The number of halogens is 1. The number of ketones is 1. The second-order valence-corrected chi connectivity index (χ2v) is 7.40. The van der Waals surface area contributed by atoms with Crippen LogP contribution in [-0.2, 0) is 20.9 Å². The second kappa shape index (κ2) is 7.19. The van der Waals surface area contributed by atoms with Crippen molar-refractivity contribution in [2.24, 2.45) is 17.8 Å². The lowest BCUT2D eigenvalue weighted by atomic mass is 9.67. The number of hydrogen-bond donors (Lipinski definition) is 0. The van der Waals surface area contributed by atoms with Crippen LogP contribution in [0.15, 0.2) is 28.8 Å². The van der Waals surface area contributed by atoms with Crippen LogP contribution in [0.5, 0.6) is 0 Å². The predicted molar refractivity (Wildman–Crippen MR) is 93.1 cm³/mol. The highest BCUT2D eigenvalue weighted by Gasteiger charge is 2.41. The molecule has 2 aromatic rings. The molecule has 1 heterocycles. The summed E-state index contributed by atoms with van der Waals surface area (Å²) >= 11 is 6.12. The first-order chi connectivity index (χ1) is 12.6. The van der Waals surface area contributed by atoms with Gasteiger partial charge in [-0.15, -0.1) is 0 Å². The summed E-state index contributed by atoms with van der Waals surface area (Å²) in [6, 6.07) is 7.19. The molecule has 0 saturated heterocycles. The van der Waals surface area contributed by atoms with Gasteiger partial charge in [0.05, 0.1) is 10.9 Å². The first-order valence-electron chi connectivity index (χ1n) is 8.89. The Morgan fingerprint density at radius 2 is 1.96 bits per heavy atom. The van der Waals surface area contributed by atoms with Crippen molar-refractivity contribution in [1.29, 1.82) is 0 Å². The quantitative estimate of drug-likeness (QED) is 0.756. The minimum atomic E-state index is -0.285. The Hall–Kier alpha value is -2.21. The van der Waals surface area contributed by atoms with Crippen LogP contribution in [0.4, 0.5) is 0 Å². The molecule has 7 heteroatoms. The number of carbonyl (C=O) groups excluding carboxylic acids is 2. The van der Waals surface area contributed by atoms with Gasteiger partial charge >= 0.3 is 5.97 Å². The highest BCUT2D eigenvalue weighted by atomic mass is 35.5.